The van der Waals surface area contributed by atoms with Crippen LogP contribution in [0.25, 0.3) is 0 Å². The molecular weight excluding hydrogens is 340 g/mol. The Kier molecular flexibility index (Phi) is 4.88. The minimum absolute atomic E-state index is 0.263. The molecule has 1 atom stereocenters. The number of hydrogen-bond donors (Lipinski definition) is 2. The van der Waals surface area contributed by atoms with Crippen LogP contribution in [0.1, 0.15) is 17.5 Å². The topological polar surface area (TPSA) is 61.4 Å². The lowest BCUT2D eigenvalue weighted by molar-refractivity contribution is -0.118. The van der Waals surface area contributed by atoms with Crippen molar-refractivity contribution in [2.24, 2.45) is 0 Å². The van der Waals surface area contributed by atoms with Crippen LogP contribution >= 0.6 is 0 Å². The van der Waals surface area contributed by atoms with Gasteiger partial charge in [0.2, 0.25) is 5.91 Å². The maximum absolute atomic E-state index is 13.5. The van der Waals surface area contributed by atoms with E-state index in [9.17, 15) is 18.4 Å². The monoisotopic (exact) mass is 359 g/mol. The second kappa shape index (κ2) is 7.11. The molecule has 26 heavy (non-hydrogen) atoms. The predicted molar refractivity (Wildman–Crippen MR) is 95.2 cm³/mol. The van der Waals surface area contributed by atoms with E-state index in [1.54, 1.807) is 32.0 Å². The second-order valence-corrected chi connectivity index (χ2v) is 6.33. The summed E-state index contributed by atoms with van der Waals surface area (Å²) in [4.78, 5) is 26.1. The van der Waals surface area contributed by atoms with Crippen molar-refractivity contribution in [2.45, 2.75) is 26.3 Å². The zero-order valence-electron chi connectivity index (χ0n) is 14.5. The second-order valence-electron chi connectivity index (χ2n) is 6.33. The fourth-order valence-electron chi connectivity index (χ4n) is 2.86. The van der Waals surface area contributed by atoms with Gasteiger partial charge in [0, 0.05) is 17.9 Å². The van der Waals surface area contributed by atoms with Gasteiger partial charge in [-0.15, -0.1) is 0 Å². The summed E-state index contributed by atoms with van der Waals surface area (Å²) in [7, 11) is 0. The molecule has 0 saturated carbocycles. The molecule has 1 saturated heterocycles. The molecule has 1 unspecified atom stereocenters. The molecular formula is C19H19F2N3O2. The van der Waals surface area contributed by atoms with Gasteiger partial charge in [-0.2, -0.15) is 0 Å². The van der Waals surface area contributed by atoms with Crippen LogP contribution in [0.3, 0.4) is 0 Å². The standard InChI is InChI=1S/C19H19F2N3O2/c1-11-3-4-13(10-16(11)21)22-19(26)23-17-7-8-24(18(17)25)14-5-6-15(20)12(2)9-14/h3-6,9-10,17H,7-8H2,1-2H3,(H2,22,23,26). The van der Waals surface area contributed by atoms with Crippen molar-refractivity contribution in [1.82, 2.24) is 5.32 Å². The molecule has 3 amide bonds. The quantitative estimate of drug-likeness (QED) is 0.881. The van der Waals surface area contributed by atoms with Gasteiger partial charge in [-0.1, -0.05) is 6.07 Å². The van der Waals surface area contributed by atoms with Crippen LogP contribution in [0.4, 0.5) is 25.0 Å². The molecule has 2 N–H and O–H groups in total. The molecule has 7 heteroatoms. The van der Waals surface area contributed by atoms with Crippen molar-refractivity contribution in [1.29, 1.82) is 0 Å². The van der Waals surface area contributed by atoms with E-state index in [-0.39, 0.29) is 11.7 Å². The number of nitrogens with zero attached hydrogens (tertiary/aromatic N) is 1. The third kappa shape index (κ3) is 3.66. The molecule has 0 radical (unpaired) electrons. The minimum Gasteiger partial charge on any atom is -0.326 e. The summed E-state index contributed by atoms with van der Waals surface area (Å²) in [5, 5.41) is 5.12. The molecule has 3 rings (SSSR count). The molecule has 5 nitrogen and oxygen atoms in total. The van der Waals surface area contributed by atoms with Crippen molar-refractivity contribution in [3.63, 3.8) is 0 Å². The van der Waals surface area contributed by atoms with Crippen molar-refractivity contribution < 1.29 is 18.4 Å². The number of carbonyl (C=O) groups excluding carboxylic acids is 2. The van der Waals surface area contributed by atoms with E-state index in [1.807, 2.05) is 0 Å². The van der Waals surface area contributed by atoms with Gasteiger partial charge in [-0.25, -0.2) is 13.6 Å². The molecule has 0 spiro atoms. The molecule has 136 valence electrons. The first-order valence-electron chi connectivity index (χ1n) is 8.26. The molecule has 2 aromatic rings. The van der Waals surface area contributed by atoms with Crippen LogP contribution < -0.4 is 15.5 Å². The van der Waals surface area contributed by atoms with Gasteiger partial charge in [-0.3, -0.25) is 4.79 Å². The van der Waals surface area contributed by atoms with Crippen LogP contribution in [0.5, 0.6) is 0 Å². The summed E-state index contributed by atoms with van der Waals surface area (Å²) in [5.41, 5.74) is 1.83. The molecule has 0 bridgehead atoms. The zero-order valence-corrected chi connectivity index (χ0v) is 14.5. The van der Waals surface area contributed by atoms with Crippen molar-refractivity contribution >= 4 is 23.3 Å². The first-order chi connectivity index (χ1) is 12.3. The number of carbonyl (C=O) groups is 2. The number of nitrogens with one attached hydrogen (secondary N) is 2. The van der Waals surface area contributed by atoms with Gasteiger partial charge in [0.15, 0.2) is 0 Å². The maximum atomic E-state index is 13.5. The van der Waals surface area contributed by atoms with E-state index in [0.717, 1.165) is 0 Å². The maximum Gasteiger partial charge on any atom is 0.319 e. The highest BCUT2D eigenvalue weighted by atomic mass is 19.1. The number of hydrogen-bond acceptors (Lipinski definition) is 2. The normalized spacial score (nSPS) is 16.7. The number of benzene rings is 2. The number of rotatable bonds is 3. The average Bonchev–Trinajstić information content (AvgIpc) is 2.94. The number of aryl methyl sites for hydroxylation is 2. The summed E-state index contributed by atoms with van der Waals surface area (Å²) in [5.74, 6) is -1.02. The lowest BCUT2D eigenvalue weighted by Gasteiger charge is -2.18. The molecule has 2 aromatic carbocycles. The molecule has 1 fully saturated rings. The summed E-state index contributed by atoms with van der Waals surface area (Å²) >= 11 is 0. The van der Waals surface area contributed by atoms with E-state index in [1.165, 1.54) is 23.1 Å². The van der Waals surface area contributed by atoms with E-state index in [2.05, 4.69) is 10.6 Å². The Morgan fingerprint density at radius 1 is 1.08 bits per heavy atom. The van der Waals surface area contributed by atoms with Crippen LogP contribution in [0.2, 0.25) is 0 Å². The molecule has 0 aliphatic carbocycles. The van der Waals surface area contributed by atoms with Crippen LogP contribution in [-0.2, 0) is 4.79 Å². The van der Waals surface area contributed by atoms with Gasteiger partial charge in [-0.05, 0) is 61.7 Å². The Bertz CT molecular complexity index is 870. The number of anilines is 2. The smallest absolute Gasteiger partial charge is 0.319 e. The Morgan fingerprint density at radius 2 is 1.85 bits per heavy atom. The van der Waals surface area contributed by atoms with Gasteiger partial charge in [0.1, 0.15) is 17.7 Å². The zero-order chi connectivity index (χ0) is 18.8. The predicted octanol–water partition coefficient (Wildman–Crippen LogP) is 3.51. The first-order valence-corrected chi connectivity index (χ1v) is 8.26. The third-order valence-corrected chi connectivity index (χ3v) is 4.39. The highest BCUT2D eigenvalue weighted by molar-refractivity contribution is 6.02. The average molecular weight is 359 g/mol. The SMILES string of the molecule is Cc1cc(N2CCC(NC(=O)Nc3ccc(C)c(F)c3)C2=O)ccc1F. The number of urea groups is 1. The van der Waals surface area contributed by atoms with Crippen molar-refractivity contribution in [3.05, 3.63) is 59.2 Å². The van der Waals surface area contributed by atoms with Gasteiger partial charge in [0.05, 0.1) is 0 Å². The molecule has 1 heterocycles. The molecule has 1 aliphatic heterocycles. The molecule has 1 aliphatic rings. The van der Waals surface area contributed by atoms with E-state index < -0.39 is 17.9 Å². The van der Waals surface area contributed by atoms with Gasteiger partial charge >= 0.3 is 6.03 Å². The lowest BCUT2D eigenvalue weighted by atomic mass is 10.2. The van der Waals surface area contributed by atoms with Gasteiger partial charge < -0.3 is 15.5 Å². The van der Waals surface area contributed by atoms with E-state index in [4.69, 9.17) is 0 Å². The Morgan fingerprint density at radius 3 is 2.54 bits per heavy atom. The third-order valence-electron chi connectivity index (χ3n) is 4.39. The fourth-order valence-corrected chi connectivity index (χ4v) is 2.86. The minimum atomic E-state index is -0.685. The number of halogens is 2. The highest BCUT2D eigenvalue weighted by Gasteiger charge is 2.33. The number of amides is 3. The summed E-state index contributed by atoms with van der Waals surface area (Å²) in [6, 6.07) is 7.56. The fraction of sp³-hybridized carbons (Fsp3) is 0.263. The Balaban J connectivity index is 1.63. The van der Waals surface area contributed by atoms with Crippen molar-refractivity contribution in [2.75, 3.05) is 16.8 Å². The summed E-state index contributed by atoms with van der Waals surface area (Å²) in [6.07, 6.45) is 0.435. The summed E-state index contributed by atoms with van der Waals surface area (Å²) < 4.78 is 26.9. The largest absolute Gasteiger partial charge is 0.326 e. The van der Waals surface area contributed by atoms with E-state index >= 15 is 0 Å². The van der Waals surface area contributed by atoms with Gasteiger partial charge in [0.25, 0.3) is 0 Å². The molecule has 0 aromatic heterocycles. The highest BCUT2D eigenvalue weighted by Crippen LogP contribution is 2.24. The van der Waals surface area contributed by atoms with Crippen LogP contribution in [0, 0.1) is 25.5 Å². The Hall–Kier alpha value is -2.96. The van der Waals surface area contributed by atoms with Crippen molar-refractivity contribution in [3.8, 4) is 0 Å². The first kappa shape index (κ1) is 17.8. The lowest BCUT2D eigenvalue weighted by Crippen LogP contribution is -2.43. The van der Waals surface area contributed by atoms with Crippen LogP contribution in [0.15, 0.2) is 36.4 Å². The Labute approximate surface area is 150 Å². The van der Waals surface area contributed by atoms with Crippen LogP contribution in [-0.4, -0.2) is 24.5 Å². The van der Waals surface area contributed by atoms with E-state index in [0.29, 0.717) is 35.5 Å². The summed E-state index contributed by atoms with van der Waals surface area (Å²) in [6.45, 7) is 3.68.